The number of nitrogens with one attached hydrogen (secondary N) is 1. The fraction of sp³-hybridized carbons (Fsp3) is 0.412. The molecule has 3 N–H and O–H groups in total. The fourth-order valence-electron chi connectivity index (χ4n) is 2.50. The van der Waals surface area contributed by atoms with Crippen molar-refractivity contribution in [1.82, 2.24) is 0 Å². The Bertz CT molecular complexity index is 644. The third kappa shape index (κ3) is 3.84. The lowest BCUT2D eigenvalue weighted by Crippen LogP contribution is -2.16. The summed E-state index contributed by atoms with van der Waals surface area (Å²) in [5.74, 6) is 1.48. The van der Waals surface area contributed by atoms with E-state index >= 15 is 0 Å². The van der Waals surface area contributed by atoms with Crippen LogP contribution in [-0.2, 0) is 0 Å². The van der Waals surface area contributed by atoms with Gasteiger partial charge < -0.3 is 20.5 Å². The Kier molecular flexibility index (Phi) is 5.91. The topological polar surface area (TPSA) is 56.5 Å². The largest absolute Gasteiger partial charge is 0.493 e. The number of hydrogen-bond acceptors (Lipinski definition) is 4. The second-order valence-corrected chi connectivity index (χ2v) is 6.31. The number of methoxy groups -OCH3 is 2. The van der Waals surface area contributed by atoms with Crippen molar-refractivity contribution < 1.29 is 9.47 Å². The van der Waals surface area contributed by atoms with Gasteiger partial charge in [0, 0.05) is 39.6 Å². The molecule has 0 spiro atoms. The van der Waals surface area contributed by atoms with Gasteiger partial charge in [0.1, 0.15) is 0 Å². The Morgan fingerprint density at radius 2 is 1.95 bits per heavy atom. The summed E-state index contributed by atoms with van der Waals surface area (Å²) < 4.78 is 12.0. The predicted molar refractivity (Wildman–Crippen MR) is 96.1 cm³/mol. The Balaban J connectivity index is 2.37. The number of anilines is 1. The first-order chi connectivity index (χ1) is 10.6. The first kappa shape index (κ1) is 16.9. The molecule has 0 aliphatic heterocycles. The average Bonchev–Trinajstić information content (AvgIpc) is 2.50. The summed E-state index contributed by atoms with van der Waals surface area (Å²) in [4.78, 5) is 0. The molecule has 0 heterocycles. The second-order valence-electron chi connectivity index (χ2n) is 5.40. The van der Waals surface area contributed by atoms with Crippen LogP contribution in [-0.4, -0.2) is 26.8 Å². The molecule has 0 saturated carbocycles. The van der Waals surface area contributed by atoms with Gasteiger partial charge in [0.05, 0.1) is 14.2 Å². The van der Waals surface area contributed by atoms with Crippen LogP contribution in [0.5, 0.6) is 11.5 Å². The molecular formula is C17H23BrN2O2. The van der Waals surface area contributed by atoms with E-state index in [4.69, 9.17) is 15.2 Å². The van der Waals surface area contributed by atoms with Crippen molar-refractivity contribution in [2.75, 3.05) is 26.1 Å². The molecule has 0 fully saturated rings. The van der Waals surface area contributed by atoms with Crippen LogP contribution in [0.4, 0.5) is 5.69 Å². The lowest BCUT2D eigenvalue weighted by molar-refractivity contribution is 0.358. The molecule has 1 atom stereocenters. The minimum absolute atomic E-state index is 0.234. The van der Waals surface area contributed by atoms with E-state index < -0.39 is 0 Å². The van der Waals surface area contributed by atoms with E-state index in [2.05, 4.69) is 27.3 Å². The Labute approximate surface area is 140 Å². The monoisotopic (exact) mass is 366 g/mol. The van der Waals surface area contributed by atoms with Gasteiger partial charge in [-0.05, 0) is 38.0 Å². The third-order valence-electron chi connectivity index (χ3n) is 3.59. The van der Waals surface area contributed by atoms with E-state index in [1.54, 1.807) is 14.2 Å². The zero-order valence-corrected chi connectivity index (χ0v) is 14.9. The van der Waals surface area contributed by atoms with Crippen LogP contribution >= 0.6 is 15.9 Å². The molecule has 22 heavy (non-hydrogen) atoms. The van der Waals surface area contributed by atoms with Gasteiger partial charge in [-0.1, -0.05) is 15.9 Å². The van der Waals surface area contributed by atoms with Gasteiger partial charge in [-0.2, -0.15) is 0 Å². The highest BCUT2D eigenvalue weighted by molar-refractivity contribution is 9.10. The third-order valence-corrected chi connectivity index (χ3v) is 4.08. The molecule has 0 amide bonds. The maximum Gasteiger partial charge on any atom is 0.168 e. The molecular weight excluding hydrogens is 344 g/mol. The van der Waals surface area contributed by atoms with Crippen molar-refractivity contribution in [3.63, 3.8) is 0 Å². The number of hydrogen-bond donors (Lipinski definition) is 2. The summed E-state index contributed by atoms with van der Waals surface area (Å²) in [6.45, 7) is 2.90. The van der Waals surface area contributed by atoms with Crippen LogP contribution in [0, 0.1) is 0 Å². The highest BCUT2D eigenvalue weighted by Crippen LogP contribution is 2.41. The van der Waals surface area contributed by atoms with Gasteiger partial charge >= 0.3 is 0 Å². The Morgan fingerprint density at radius 3 is 2.59 bits per heavy atom. The van der Waals surface area contributed by atoms with Gasteiger partial charge in [0.2, 0.25) is 0 Å². The summed E-state index contributed by atoms with van der Waals surface area (Å²) in [6.07, 6.45) is 2.03. The van der Waals surface area contributed by atoms with E-state index in [0.29, 0.717) is 0 Å². The number of fused-ring (bicyclic) bond motifs is 1. The van der Waals surface area contributed by atoms with Gasteiger partial charge in [-0.15, -0.1) is 0 Å². The number of rotatable bonds is 7. The molecule has 0 aliphatic carbocycles. The lowest BCUT2D eigenvalue weighted by Gasteiger charge is -2.16. The predicted octanol–water partition coefficient (Wildman–Crippen LogP) is 4.16. The van der Waals surface area contributed by atoms with E-state index in [0.717, 1.165) is 51.8 Å². The smallest absolute Gasteiger partial charge is 0.168 e. The summed E-state index contributed by atoms with van der Waals surface area (Å²) in [7, 11) is 3.32. The van der Waals surface area contributed by atoms with Crippen LogP contribution < -0.4 is 20.5 Å². The lowest BCUT2D eigenvalue weighted by atomic mass is 10.1. The molecule has 2 aromatic carbocycles. The number of benzene rings is 2. The molecule has 0 unspecified atom stereocenters. The molecule has 0 saturated heterocycles. The minimum Gasteiger partial charge on any atom is -0.493 e. The maximum atomic E-state index is 5.80. The van der Waals surface area contributed by atoms with Crippen LogP contribution in [0.2, 0.25) is 0 Å². The summed E-state index contributed by atoms with van der Waals surface area (Å²) in [5.41, 5.74) is 6.84. The molecule has 0 aromatic heterocycles. The first-order valence-corrected chi connectivity index (χ1v) is 8.19. The molecule has 0 radical (unpaired) electrons. The van der Waals surface area contributed by atoms with Gasteiger partial charge in [0.15, 0.2) is 11.5 Å². The van der Waals surface area contributed by atoms with Crippen molar-refractivity contribution in [1.29, 1.82) is 0 Å². The fourth-order valence-corrected chi connectivity index (χ4v) is 2.86. The molecule has 0 bridgehead atoms. The van der Waals surface area contributed by atoms with Crippen LogP contribution in [0.1, 0.15) is 19.8 Å². The SMILES string of the molecule is COc1cc(NCCC[C@@H](C)N)c2cc(Br)ccc2c1OC. The standard InChI is InChI=1S/C17H23BrN2O2/c1-11(19)5-4-8-20-15-10-16(21-2)17(22-3)13-7-6-12(18)9-14(13)15/h6-7,9-11,20H,4-5,8,19H2,1-3H3/t11-/m1/s1. The van der Waals surface area contributed by atoms with Crippen molar-refractivity contribution in [2.24, 2.45) is 5.73 Å². The van der Waals surface area contributed by atoms with E-state index in [1.807, 2.05) is 25.1 Å². The second kappa shape index (κ2) is 7.70. The van der Waals surface area contributed by atoms with Crippen molar-refractivity contribution >= 4 is 32.4 Å². The Morgan fingerprint density at radius 1 is 1.18 bits per heavy atom. The maximum absolute atomic E-state index is 5.80. The van der Waals surface area contributed by atoms with Crippen molar-refractivity contribution in [3.05, 3.63) is 28.7 Å². The normalized spacial score (nSPS) is 12.2. The highest BCUT2D eigenvalue weighted by atomic mass is 79.9. The van der Waals surface area contributed by atoms with Crippen LogP contribution in [0.3, 0.4) is 0 Å². The van der Waals surface area contributed by atoms with Gasteiger partial charge in [-0.25, -0.2) is 0 Å². The zero-order chi connectivity index (χ0) is 16.1. The number of ether oxygens (including phenoxy) is 2. The van der Waals surface area contributed by atoms with E-state index in [1.165, 1.54) is 0 Å². The number of nitrogens with two attached hydrogens (primary N) is 1. The van der Waals surface area contributed by atoms with Crippen LogP contribution in [0.25, 0.3) is 10.8 Å². The van der Waals surface area contributed by atoms with Crippen LogP contribution in [0.15, 0.2) is 28.7 Å². The van der Waals surface area contributed by atoms with Crippen molar-refractivity contribution in [3.8, 4) is 11.5 Å². The quantitative estimate of drug-likeness (QED) is 0.722. The van der Waals surface area contributed by atoms with E-state index in [9.17, 15) is 0 Å². The Hall–Kier alpha value is -1.46. The summed E-state index contributed by atoms with van der Waals surface area (Å²) in [6, 6.07) is 8.35. The van der Waals surface area contributed by atoms with Gasteiger partial charge in [0.25, 0.3) is 0 Å². The summed E-state index contributed by atoms with van der Waals surface area (Å²) in [5, 5.41) is 5.62. The van der Waals surface area contributed by atoms with E-state index in [-0.39, 0.29) is 6.04 Å². The number of halogens is 1. The highest BCUT2D eigenvalue weighted by Gasteiger charge is 2.13. The molecule has 0 aliphatic rings. The average molecular weight is 367 g/mol. The molecule has 2 rings (SSSR count). The first-order valence-electron chi connectivity index (χ1n) is 7.40. The summed E-state index contributed by atoms with van der Waals surface area (Å²) >= 11 is 3.53. The molecule has 2 aromatic rings. The molecule has 5 heteroatoms. The zero-order valence-electron chi connectivity index (χ0n) is 13.3. The minimum atomic E-state index is 0.234. The van der Waals surface area contributed by atoms with Gasteiger partial charge in [-0.3, -0.25) is 0 Å². The van der Waals surface area contributed by atoms with Crippen molar-refractivity contribution in [2.45, 2.75) is 25.8 Å². The molecule has 4 nitrogen and oxygen atoms in total. The molecule has 120 valence electrons.